The van der Waals surface area contributed by atoms with Crippen LogP contribution in [0.5, 0.6) is 0 Å². The van der Waals surface area contributed by atoms with Crippen LogP contribution in [0, 0.1) is 0 Å². The van der Waals surface area contributed by atoms with Crippen LogP contribution in [0.15, 0.2) is 0 Å². The fourth-order valence-corrected chi connectivity index (χ4v) is 1.69. The van der Waals surface area contributed by atoms with Gasteiger partial charge in [0, 0.05) is 0 Å². The minimum absolute atomic E-state index is 7.61. The van der Waals surface area contributed by atoms with Crippen LogP contribution in [0.25, 0.3) is 0 Å². The van der Waals surface area contributed by atoms with Gasteiger partial charge in [0.2, 0.25) is 0 Å². The highest BCUT2D eigenvalue weighted by atomic mass is 32.5. The van der Waals surface area contributed by atoms with Gasteiger partial charge < -0.3 is 4.55 Å². The predicted molar refractivity (Wildman–Crippen MR) is 37.7 cm³/mol. The van der Waals surface area contributed by atoms with E-state index in [4.69, 9.17) is 0 Å². The van der Waals surface area contributed by atoms with E-state index in [9.17, 15) is 58.7 Å². The number of alkyl halides is 6. The summed E-state index contributed by atoms with van der Waals surface area (Å²) < 4.78 is 159. The van der Waals surface area contributed by atoms with Gasteiger partial charge in [-0.05, 0) is 0 Å². The number of hydrogen-bond donors (Lipinski definition) is 0. The van der Waals surface area contributed by atoms with Crippen LogP contribution < -0.4 is 0 Å². The Hall–Kier alpha value is -0.510. The molecule has 0 aromatic rings. The standard InChI is InChI=1S/C3HF11O3S2/c4-1(5,2(6,7)18(15,16)17)3(8,9)19(10,11,12,13)14/h(H,15,16,17)/p-1. The molecule has 19 heavy (non-hydrogen) atoms. The molecule has 0 aliphatic rings. The molecule has 0 aromatic carbocycles. The Labute approximate surface area is 96.4 Å². The molecule has 0 amide bonds. The highest BCUT2D eigenvalue weighted by Crippen LogP contribution is 3.06. The third kappa shape index (κ3) is 2.44. The number of halogens is 11. The summed E-state index contributed by atoms with van der Waals surface area (Å²) >= 11 is 0. The van der Waals surface area contributed by atoms with Gasteiger partial charge in [-0.25, -0.2) is 8.42 Å². The van der Waals surface area contributed by atoms with E-state index in [0.717, 1.165) is 0 Å². The van der Waals surface area contributed by atoms with E-state index in [1.165, 1.54) is 0 Å². The maximum absolute atomic E-state index is 12.6. The minimum atomic E-state index is -12.6. The second-order valence-corrected chi connectivity index (χ2v) is 6.90. The van der Waals surface area contributed by atoms with Gasteiger partial charge in [-0.15, -0.1) is 0 Å². The summed E-state index contributed by atoms with van der Waals surface area (Å²) in [5, 5.41) is -16.3. The van der Waals surface area contributed by atoms with Crippen LogP contribution in [0.4, 0.5) is 45.8 Å². The van der Waals surface area contributed by atoms with Gasteiger partial charge in [-0.2, -0.15) is 26.3 Å². The van der Waals surface area contributed by atoms with E-state index in [0.29, 0.717) is 0 Å². The molecule has 0 bridgehead atoms. The zero-order chi connectivity index (χ0) is 16.4. The Morgan fingerprint density at radius 3 is 1.21 bits per heavy atom. The van der Waals surface area contributed by atoms with Crippen molar-refractivity contribution in [3.05, 3.63) is 0 Å². The molecule has 0 unspecified atom stereocenters. The van der Waals surface area contributed by atoms with Crippen molar-refractivity contribution in [1.82, 2.24) is 0 Å². The normalized spacial score (nSPS) is 19.8. The Kier molecular flexibility index (Phi) is 3.12. The molecule has 16 heteroatoms. The van der Waals surface area contributed by atoms with Crippen molar-refractivity contribution in [2.75, 3.05) is 0 Å². The van der Waals surface area contributed by atoms with Crippen molar-refractivity contribution in [3.63, 3.8) is 0 Å². The fourth-order valence-electron chi connectivity index (χ4n) is 0.569. The second kappa shape index (κ2) is 3.21. The molecular weight excluding hydrogens is 357 g/mol. The van der Waals surface area contributed by atoms with Crippen LogP contribution in [0.3, 0.4) is 0 Å². The third-order valence-electron chi connectivity index (χ3n) is 1.53. The second-order valence-electron chi connectivity index (χ2n) is 3.03. The van der Waals surface area contributed by atoms with E-state index in [1.807, 2.05) is 0 Å². The van der Waals surface area contributed by atoms with Crippen LogP contribution in [-0.4, -0.2) is 29.4 Å². The first-order valence-corrected chi connectivity index (χ1v) is 6.67. The molecule has 0 saturated carbocycles. The van der Waals surface area contributed by atoms with Gasteiger partial charge in [0.25, 0.3) is 0 Å². The van der Waals surface area contributed by atoms with Crippen molar-refractivity contribution >= 4 is 20.3 Å². The maximum Gasteiger partial charge on any atom is 0.451 e. The van der Waals surface area contributed by atoms with Crippen molar-refractivity contribution in [3.8, 4) is 0 Å². The Balaban J connectivity index is 6.43. The molecule has 120 valence electrons. The first-order chi connectivity index (χ1) is 7.50. The van der Waals surface area contributed by atoms with Crippen LogP contribution in [-0.2, 0) is 10.1 Å². The molecule has 0 heterocycles. The SMILES string of the molecule is O=S(=O)([O-])C(F)(F)C(F)(F)C(F)(F)S(F)(F)(F)(F)F. The van der Waals surface area contributed by atoms with Crippen molar-refractivity contribution in [1.29, 1.82) is 0 Å². The summed E-state index contributed by atoms with van der Waals surface area (Å²) in [5.41, 5.74) is 0. The van der Waals surface area contributed by atoms with E-state index < -0.39 is 36.8 Å². The van der Waals surface area contributed by atoms with E-state index in [2.05, 4.69) is 0 Å². The average Bonchev–Trinajstić information content (AvgIpc) is 1.95. The van der Waals surface area contributed by atoms with Crippen LogP contribution >= 0.6 is 10.2 Å². The Morgan fingerprint density at radius 1 is 0.789 bits per heavy atom. The molecule has 0 spiro atoms. The molecular formula is C3F11O3S2-. The Morgan fingerprint density at radius 2 is 1.05 bits per heavy atom. The molecule has 3 nitrogen and oxygen atoms in total. The largest absolute Gasteiger partial charge is 0.743 e. The van der Waals surface area contributed by atoms with Gasteiger partial charge >= 0.3 is 26.7 Å². The molecule has 0 aromatic heterocycles. The summed E-state index contributed by atoms with van der Waals surface area (Å²) in [4.78, 5) is 0. The molecule has 0 atom stereocenters. The predicted octanol–water partition coefficient (Wildman–Crippen LogP) is 3.65. The van der Waals surface area contributed by atoms with Crippen LogP contribution in [0.2, 0.25) is 0 Å². The number of rotatable bonds is 4. The molecule has 0 radical (unpaired) electrons. The lowest BCUT2D eigenvalue weighted by atomic mass is 10.3. The molecule has 0 saturated heterocycles. The lowest BCUT2D eigenvalue weighted by Gasteiger charge is -2.49. The average molecular weight is 357 g/mol. The minimum Gasteiger partial charge on any atom is -0.743 e. The summed E-state index contributed by atoms with van der Waals surface area (Å²) in [6, 6.07) is 0. The molecule has 0 rings (SSSR count). The summed E-state index contributed by atoms with van der Waals surface area (Å²) in [5.74, 6) is -8.20. The van der Waals surface area contributed by atoms with Crippen molar-refractivity contribution in [2.45, 2.75) is 16.4 Å². The van der Waals surface area contributed by atoms with E-state index in [1.54, 1.807) is 0 Å². The Bertz CT molecular complexity index is 484. The van der Waals surface area contributed by atoms with Gasteiger partial charge in [-0.3, -0.25) is 0 Å². The van der Waals surface area contributed by atoms with Gasteiger partial charge in [-0.1, -0.05) is 19.4 Å². The summed E-state index contributed by atoms with van der Waals surface area (Å²) in [6.45, 7) is 0. The zero-order valence-corrected chi connectivity index (χ0v) is 9.33. The summed E-state index contributed by atoms with van der Waals surface area (Å²) in [7, 11) is -20.4. The summed E-state index contributed by atoms with van der Waals surface area (Å²) in [6.07, 6.45) is 0. The quantitative estimate of drug-likeness (QED) is 0.570. The van der Waals surface area contributed by atoms with Crippen molar-refractivity contribution in [2.24, 2.45) is 0 Å². The van der Waals surface area contributed by atoms with E-state index >= 15 is 0 Å². The van der Waals surface area contributed by atoms with Gasteiger partial charge in [0.05, 0.1) is 0 Å². The molecule has 0 aliphatic heterocycles. The smallest absolute Gasteiger partial charge is 0.451 e. The molecule has 0 N–H and O–H groups in total. The first-order valence-electron chi connectivity index (χ1n) is 3.31. The lowest BCUT2D eigenvalue weighted by molar-refractivity contribution is -0.255. The molecule has 0 aliphatic carbocycles. The highest BCUT2D eigenvalue weighted by Gasteiger charge is 2.96. The monoisotopic (exact) mass is 357 g/mol. The fraction of sp³-hybridized carbons (Fsp3) is 1.00. The first kappa shape index (κ1) is 18.5. The van der Waals surface area contributed by atoms with E-state index in [-0.39, 0.29) is 0 Å². The highest BCUT2D eigenvalue weighted by molar-refractivity contribution is 8.46. The number of hydrogen-bond acceptors (Lipinski definition) is 3. The van der Waals surface area contributed by atoms with Gasteiger partial charge in [0.1, 0.15) is 0 Å². The maximum atomic E-state index is 12.2. The van der Waals surface area contributed by atoms with Crippen molar-refractivity contribution < 1.29 is 58.7 Å². The topological polar surface area (TPSA) is 57.2 Å². The van der Waals surface area contributed by atoms with Gasteiger partial charge in [0.15, 0.2) is 10.1 Å². The van der Waals surface area contributed by atoms with Crippen LogP contribution in [0.1, 0.15) is 0 Å². The lowest BCUT2D eigenvalue weighted by Crippen LogP contribution is -2.61. The zero-order valence-electron chi connectivity index (χ0n) is 7.70. The third-order valence-corrected chi connectivity index (χ3v) is 3.64. The molecule has 0 fully saturated rings.